The van der Waals surface area contributed by atoms with E-state index in [9.17, 15) is 43.2 Å². The molecule has 2 aromatic carbocycles. The smallest absolute Gasteiger partial charge is 0.404 e. The lowest BCUT2D eigenvalue weighted by molar-refractivity contribution is -0.179. The van der Waals surface area contributed by atoms with Crippen molar-refractivity contribution in [2.75, 3.05) is 32.1 Å². The van der Waals surface area contributed by atoms with E-state index in [0.717, 1.165) is 16.6 Å². The lowest BCUT2D eigenvalue weighted by Gasteiger charge is -2.36. The van der Waals surface area contributed by atoms with Crippen LogP contribution in [0, 0.1) is 41.4 Å². The van der Waals surface area contributed by atoms with Crippen LogP contribution >= 0.6 is 0 Å². The van der Waals surface area contributed by atoms with Gasteiger partial charge in [-0.1, -0.05) is 114 Å². The topological polar surface area (TPSA) is 235 Å². The molecule has 68 heavy (non-hydrogen) atoms. The molecule has 1 amide bonds. The van der Waals surface area contributed by atoms with Crippen molar-refractivity contribution in [1.82, 2.24) is 4.72 Å². The van der Waals surface area contributed by atoms with Crippen molar-refractivity contribution in [2.24, 2.45) is 47.2 Å². The summed E-state index contributed by atoms with van der Waals surface area (Å²) in [6, 6.07) is 10.8. The standard InChI is InChI=1S/C52H79N3O12S/c1-32(29-35(4)47(58)33(2)25-26-40(56)31-44-37(6)49(60)39(8)51(61)66-44)30-36(5)48(59)38(7)50(67-52(53)62)34(3)19-13-12-16-28-65-46(57)24-14-11-15-27-54-68(63,64)45-23-18-20-41-42(45)21-17-22-43(41)55(9)10/h12-13,16-23,25-26,29,33-40,44,47-50,54,56,58-60H,11,14-15,24,27-28,30-31H2,1-10H3,(H2,53,62)/b16-12+,19-13-,26-25-,32-29-/t33-,34-,35-,36-,37-,38-,39+,40+,44-,47-,48+,49-,50-/m0/s1. The molecule has 16 heteroatoms. The van der Waals surface area contributed by atoms with Crippen molar-refractivity contribution in [1.29, 1.82) is 0 Å². The number of amides is 1. The first-order chi connectivity index (χ1) is 32.0. The number of cyclic esters (lactones) is 1. The molecule has 1 heterocycles. The Hall–Kier alpha value is -4.58. The van der Waals surface area contributed by atoms with E-state index in [2.05, 4.69) is 4.72 Å². The number of nitrogens with one attached hydrogen (secondary N) is 1. The highest BCUT2D eigenvalue weighted by molar-refractivity contribution is 7.89. The number of sulfonamides is 1. The molecule has 13 atom stereocenters. The number of primary amides is 1. The van der Waals surface area contributed by atoms with Crippen LogP contribution in [0.2, 0.25) is 0 Å². The number of anilines is 1. The molecule has 1 saturated heterocycles. The maximum absolute atomic E-state index is 13.2. The van der Waals surface area contributed by atoms with E-state index < -0.39 is 70.5 Å². The number of esters is 2. The molecule has 0 aliphatic carbocycles. The van der Waals surface area contributed by atoms with E-state index in [4.69, 9.17) is 19.9 Å². The predicted molar refractivity (Wildman–Crippen MR) is 266 cm³/mol. The summed E-state index contributed by atoms with van der Waals surface area (Å²) >= 11 is 0. The highest BCUT2D eigenvalue weighted by Gasteiger charge is 2.41. The number of nitrogens with zero attached hydrogens (tertiary/aromatic N) is 1. The molecule has 1 fully saturated rings. The molecule has 0 bridgehead atoms. The van der Waals surface area contributed by atoms with Crippen LogP contribution < -0.4 is 15.4 Å². The number of ether oxygens (including phenoxy) is 3. The number of hydrogen-bond donors (Lipinski definition) is 6. The van der Waals surface area contributed by atoms with Gasteiger partial charge in [-0.05, 0) is 57.2 Å². The predicted octanol–water partition coefficient (Wildman–Crippen LogP) is 6.97. The first kappa shape index (κ1) is 57.7. The Bertz CT molecular complexity index is 2170. The van der Waals surface area contributed by atoms with E-state index >= 15 is 0 Å². The molecule has 0 saturated carbocycles. The first-order valence-corrected chi connectivity index (χ1v) is 25.4. The summed E-state index contributed by atoms with van der Waals surface area (Å²) in [7, 11) is 0.0887. The average Bonchev–Trinajstić information content (AvgIpc) is 3.28. The third kappa shape index (κ3) is 17.4. The number of rotatable bonds is 27. The highest BCUT2D eigenvalue weighted by Crippen LogP contribution is 2.32. The molecule has 2 aromatic rings. The Morgan fingerprint density at radius 2 is 1.57 bits per heavy atom. The second-order valence-corrected chi connectivity index (χ2v) is 20.8. The quantitative estimate of drug-likeness (QED) is 0.0175. The summed E-state index contributed by atoms with van der Waals surface area (Å²) in [5.41, 5.74) is 7.33. The number of nitrogens with two attached hydrogens (primary N) is 1. The summed E-state index contributed by atoms with van der Waals surface area (Å²) in [4.78, 5) is 38.5. The lowest BCUT2D eigenvalue weighted by Crippen LogP contribution is -2.47. The first-order valence-electron chi connectivity index (χ1n) is 23.9. The van der Waals surface area contributed by atoms with Crippen LogP contribution in [-0.4, -0.2) is 111 Å². The summed E-state index contributed by atoms with van der Waals surface area (Å²) < 4.78 is 45.3. The third-order valence-electron chi connectivity index (χ3n) is 13.0. The van der Waals surface area contributed by atoms with Gasteiger partial charge in [0.05, 0.1) is 35.2 Å². The van der Waals surface area contributed by atoms with Crippen molar-refractivity contribution in [3.8, 4) is 0 Å². The van der Waals surface area contributed by atoms with Gasteiger partial charge in [-0.25, -0.2) is 17.9 Å². The number of allylic oxidation sites excluding steroid dienone is 3. The Kier molecular flexibility index (Phi) is 23.4. The third-order valence-corrected chi connectivity index (χ3v) is 14.6. The number of carbonyl (C=O) groups is 3. The summed E-state index contributed by atoms with van der Waals surface area (Å²) in [6.45, 7) is 14.9. The van der Waals surface area contributed by atoms with Crippen LogP contribution in [0.4, 0.5) is 10.5 Å². The molecule has 1 aliphatic heterocycles. The number of hydrogen-bond acceptors (Lipinski definition) is 13. The fourth-order valence-electron chi connectivity index (χ4n) is 8.88. The van der Waals surface area contributed by atoms with Gasteiger partial charge in [0.25, 0.3) is 0 Å². The highest BCUT2D eigenvalue weighted by atomic mass is 32.2. The molecule has 0 spiro atoms. The molecule has 0 radical (unpaired) electrons. The van der Waals surface area contributed by atoms with E-state index in [1.807, 2.05) is 84.0 Å². The molecule has 3 rings (SSSR count). The number of unbranched alkanes of at least 4 members (excludes halogenated alkanes) is 2. The summed E-state index contributed by atoms with van der Waals surface area (Å²) in [5.74, 6) is -3.45. The van der Waals surface area contributed by atoms with E-state index in [-0.39, 0.29) is 66.4 Å². The Labute approximate surface area is 404 Å². The molecule has 15 nitrogen and oxygen atoms in total. The van der Waals surface area contributed by atoms with Gasteiger partial charge in [0, 0.05) is 79.5 Å². The molecule has 380 valence electrons. The molecule has 1 aliphatic rings. The van der Waals surface area contributed by atoms with E-state index in [0.29, 0.717) is 31.1 Å². The van der Waals surface area contributed by atoms with E-state index in [1.54, 1.807) is 69.4 Å². The van der Waals surface area contributed by atoms with Gasteiger partial charge in [0.15, 0.2) is 0 Å². The minimum absolute atomic E-state index is 0.0542. The van der Waals surface area contributed by atoms with Crippen molar-refractivity contribution in [3.63, 3.8) is 0 Å². The monoisotopic (exact) mass is 970 g/mol. The number of aliphatic hydroxyl groups excluding tert-OH is 4. The van der Waals surface area contributed by atoms with Gasteiger partial charge in [-0.2, -0.15) is 0 Å². The fraction of sp³-hybridized carbons (Fsp3) is 0.596. The van der Waals surface area contributed by atoms with Crippen LogP contribution in [0.5, 0.6) is 0 Å². The number of benzene rings is 2. The minimum Gasteiger partial charge on any atom is -0.462 e. The van der Waals surface area contributed by atoms with Gasteiger partial charge in [0.1, 0.15) is 18.8 Å². The second-order valence-electron chi connectivity index (χ2n) is 19.0. The zero-order chi connectivity index (χ0) is 50.9. The number of fused-ring (bicyclic) bond motifs is 1. The maximum atomic E-state index is 13.2. The molecular weight excluding hydrogens is 891 g/mol. The van der Waals surface area contributed by atoms with Crippen LogP contribution in [0.3, 0.4) is 0 Å². The lowest BCUT2D eigenvalue weighted by atomic mass is 9.81. The van der Waals surface area contributed by atoms with Crippen molar-refractivity contribution >= 4 is 44.5 Å². The van der Waals surface area contributed by atoms with Crippen molar-refractivity contribution in [2.45, 2.75) is 135 Å². The van der Waals surface area contributed by atoms with Gasteiger partial charge in [-0.3, -0.25) is 9.59 Å². The normalized spacial score (nSPS) is 22.3. The molecule has 0 aromatic heterocycles. The molecular formula is C52H79N3O12S. The van der Waals surface area contributed by atoms with E-state index in [1.165, 1.54) is 0 Å². The molecule has 0 unspecified atom stereocenters. The fourth-order valence-corrected chi connectivity index (χ4v) is 10.2. The van der Waals surface area contributed by atoms with Gasteiger partial charge in [-0.15, -0.1) is 0 Å². The Balaban J connectivity index is 1.41. The van der Waals surface area contributed by atoms with Gasteiger partial charge >= 0.3 is 18.0 Å². The summed E-state index contributed by atoms with van der Waals surface area (Å²) in [6.07, 6.45) is 9.06. The largest absolute Gasteiger partial charge is 0.462 e. The second kappa shape index (κ2) is 27.6. The van der Waals surface area contributed by atoms with Crippen molar-refractivity contribution in [3.05, 3.63) is 84.5 Å². The Morgan fingerprint density at radius 1 is 0.897 bits per heavy atom. The molecule has 7 N–H and O–H groups in total. The number of carbonyl (C=O) groups excluding carboxylic acids is 3. The van der Waals surface area contributed by atoms with Gasteiger partial charge < -0.3 is 45.3 Å². The summed E-state index contributed by atoms with van der Waals surface area (Å²) in [5, 5.41) is 45.0. The average molecular weight is 970 g/mol. The van der Waals surface area contributed by atoms with Crippen molar-refractivity contribution < 1.29 is 57.4 Å². The maximum Gasteiger partial charge on any atom is 0.404 e. The number of aliphatic hydroxyl groups is 4. The van der Waals surface area contributed by atoms with Gasteiger partial charge in [0.2, 0.25) is 10.0 Å². The van der Waals surface area contributed by atoms with Crippen LogP contribution in [0.15, 0.2) is 89.4 Å². The van der Waals surface area contributed by atoms with Crippen LogP contribution in [0.1, 0.15) is 93.9 Å². The SMILES string of the molecule is C/C(=C/[C@H](C)[C@@H](O)[C@@H](C)/C=C\[C@@H](O)C[C@@H]1OC(=O)[C@H](C)[C@@H](O)[C@H]1C)C[C@H](C)[C@@H](O)[C@H](C)[C@@H](OC(N)=O)[C@@H](C)/C=C\C=C\COC(=O)CCCCCNS(=O)(=O)c1cccc2c(N(C)C)cccc12. The zero-order valence-electron chi connectivity index (χ0n) is 41.7. The Morgan fingerprint density at radius 3 is 2.25 bits per heavy atom. The minimum atomic E-state index is -3.74. The zero-order valence-corrected chi connectivity index (χ0v) is 42.5. The van der Waals surface area contributed by atoms with Crippen LogP contribution in [-0.2, 0) is 33.8 Å². The van der Waals surface area contributed by atoms with Crippen LogP contribution in [0.25, 0.3) is 10.8 Å².